The van der Waals surface area contributed by atoms with Crippen LogP contribution in [0, 0.1) is 0 Å². The SMILES string of the molecule is CC(C)NC(=O)N(C)CCC1CCCN1. The molecule has 2 N–H and O–H groups in total. The fraction of sp³-hybridized carbons (Fsp3) is 0.909. The summed E-state index contributed by atoms with van der Waals surface area (Å²) in [6, 6.07) is 0.854. The molecule has 0 aromatic heterocycles. The molecular formula is C11H23N3O. The quantitative estimate of drug-likeness (QED) is 0.736. The Morgan fingerprint density at radius 1 is 1.60 bits per heavy atom. The maximum atomic E-state index is 11.6. The maximum absolute atomic E-state index is 11.6. The predicted molar refractivity (Wildman–Crippen MR) is 61.9 cm³/mol. The van der Waals surface area contributed by atoms with Crippen molar-refractivity contribution in [3.8, 4) is 0 Å². The van der Waals surface area contributed by atoms with Crippen LogP contribution >= 0.6 is 0 Å². The lowest BCUT2D eigenvalue weighted by atomic mass is 10.1. The summed E-state index contributed by atoms with van der Waals surface area (Å²) < 4.78 is 0. The van der Waals surface area contributed by atoms with Crippen LogP contribution in [0.25, 0.3) is 0 Å². The lowest BCUT2D eigenvalue weighted by molar-refractivity contribution is 0.204. The molecule has 1 heterocycles. The van der Waals surface area contributed by atoms with Crippen molar-refractivity contribution in [1.29, 1.82) is 0 Å². The third kappa shape index (κ3) is 4.51. The van der Waals surface area contributed by atoms with E-state index in [0.29, 0.717) is 6.04 Å². The van der Waals surface area contributed by atoms with Crippen LogP contribution < -0.4 is 10.6 Å². The van der Waals surface area contributed by atoms with E-state index in [2.05, 4.69) is 10.6 Å². The molecule has 0 aliphatic carbocycles. The number of carbonyl (C=O) groups is 1. The molecule has 0 aromatic rings. The van der Waals surface area contributed by atoms with Crippen LogP contribution in [0.3, 0.4) is 0 Å². The minimum atomic E-state index is 0.0306. The van der Waals surface area contributed by atoms with Gasteiger partial charge in [-0.15, -0.1) is 0 Å². The van der Waals surface area contributed by atoms with Gasteiger partial charge in [-0.25, -0.2) is 4.79 Å². The van der Waals surface area contributed by atoms with E-state index in [0.717, 1.165) is 19.5 Å². The van der Waals surface area contributed by atoms with E-state index in [1.165, 1.54) is 12.8 Å². The smallest absolute Gasteiger partial charge is 0.317 e. The molecule has 1 aliphatic rings. The lowest BCUT2D eigenvalue weighted by Crippen LogP contribution is -2.42. The second-order valence-corrected chi connectivity index (χ2v) is 4.61. The molecule has 0 radical (unpaired) electrons. The molecule has 0 aromatic carbocycles. The number of hydrogen-bond acceptors (Lipinski definition) is 2. The number of nitrogens with one attached hydrogen (secondary N) is 2. The summed E-state index contributed by atoms with van der Waals surface area (Å²) in [5, 5.41) is 6.32. The molecule has 1 saturated heterocycles. The van der Waals surface area contributed by atoms with Gasteiger partial charge in [-0.3, -0.25) is 0 Å². The van der Waals surface area contributed by atoms with Crippen LogP contribution in [0.5, 0.6) is 0 Å². The van der Waals surface area contributed by atoms with Gasteiger partial charge in [0.1, 0.15) is 0 Å². The summed E-state index contributed by atoms with van der Waals surface area (Å²) in [7, 11) is 1.85. The molecule has 1 unspecified atom stereocenters. The van der Waals surface area contributed by atoms with Gasteiger partial charge in [-0.05, 0) is 39.7 Å². The Bertz CT molecular complexity index is 200. The Labute approximate surface area is 92.4 Å². The van der Waals surface area contributed by atoms with Crippen molar-refractivity contribution in [3.63, 3.8) is 0 Å². The fourth-order valence-corrected chi connectivity index (χ4v) is 1.81. The number of nitrogens with zero attached hydrogens (tertiary/aromatic N) is 1. The van der Waals surface area contributed by atoms with E-state index >= 15 is 0 Å². The summed E-state index contributed by atoms with van der Waals surface area (Å²) in [4.78, 5) is 13.3. The molecule has 0 spiro atoms. The van der Waals surface area contributed by atoms with Crippen molar-refractivity contribution in [2.45, 2.75) is 45.2 Å². The topological polar surface area (TPSA) is 44.4 Å². The Balaban J connectivity index is 2.16. The zero-order valence-corrected chi connectivity index (χ0v) is 10.0. The summed E-state index contributed by atoms with van der Waals surface area (Å²) in [6.45, 7) is 5.91. The van der Waals surface area contributed by atoms with Crippen LogP contribution in [0.4, 0.5) is 4.79 Å². The van der Waals surface area contributed by atoms with Crippen LogP contribution in [-0.2, 0) is 0 Å². The molecule has 4 nitrogen and oxygen atoms in total. The summed E-state index contributed by atoms with van der Waals surface area (Å²) in [5.41, 5.74) is 0. The zero-order valence-electron chi connectivity index (χ0n) is 10.0. The molecule has 1 aliphatic heterocycles. The van der Waals surface area contributed by atoms with E-state index in [1.807, 2.05) is 20.9 Å². The highest BCUT2D eigenvalue weighted by Crippen LogP contribution is 2.08. The van der Waals surface area contributed by atoms with Gasteiger partial charge < -0.3 is 15.5 Å². The van der Waals surface area contributed by atoms with Gasteiger partial charge in [0.15, 0.2) is 0 Å². The van der Waals surface area contributed by atoms with E-state index in [1.54, 1.807) is 4.90 Å². The number of hydrogen-bond donors (Lipinski definition) is 2. The average Bonchev–Trinajstić information content (AvgIpc) is 2.65. The van der Waals surface area contributed by atoms with Crippen LogP contribution in [-0.4, -0.2) is 43.2 Å². The third-order valence-corrected chi connectivity index (χ3v) is 2.73. The number of carbonyl (C=O) groups excluding carboxylic acids is 1. The minimum Gasteiger partial charge on any atom is -0.336 e. The molecule has 0 saturated carbocycles. The Kier molecular flexibility index (Phi) is 4.88. The highest BCUT2D eigenvalue weighted by atomic mass is 16.2. The van der Waals surface area contributed by atoms with Crippen molar-refractivity contribution in [1.82, 2.24) is 15.5 Å². The first-order valence-electron chi connectivity index (χ1n) is 5.84. The first kappa shape index (κ1) is 12.3. The van der Waals surface area contributed by atoms with Crippen LogP contribution in [0.2, 0.25) is 0 Å². The fourth-order valence-electron chi connectivity index (χ4n) is 1.81. The second kappa shape index (κ2) is 5.95. The van der Waals surface area contributed by atoms with Gasteiger partial charge >= 0.3 is 6.03 Å². The second-order valence-electron chi connectivity index (χ2n) is 4.61. The monoisotopic (exact) mass is 213 g/mol. The van der Waals surface area contributed by atoms with Crippen LogP contribution in [0.15, 0.2) is 0 Å². The Morgan fingerprint density at radius 2 is 2.33 bits per heavy atom. The molecule has 2 amide bonds. The average molecular weight is 213 g/mol. The third-order valence-electron chi connectivity index (χ3n) is 2.73. The molecule has 0 bridgehead atoms. The zero-order chi connectivity index (χ0) is 11.3. The Hall–Kier alpha value is -0.770. The predicted octanol–water partition coefficient (Wildman–Crippen LogP) is 1.18. The standard InChI is InChI=1S/C11H23N3O/c1-9(2)13-11(15)14(3)8-6-10-5-4-7-12-10/h9-10,12H,4-8H2,1-3H3,(H,13,15). The van der Waals surface area contributed by atoms with Gasteiger partial charge in [-0.2, -0.15) is 0 Å². The van der Waals surface area contributed by atoms with Crippen molar-refractivity contribution in [3.05, 3.63) is 0 Å². The highest BCUT2D eigenvalue weighted by molar-refractivity contribution is 5.74. The Morgan fingerprint density at radius 3 is 2.87 bits per heavy atom. The molecule has 15 heavy (non-hydrogen) atoms. The summed E-state index contributed by atoms with van der Waals surface area (Å²) in [5.74, 6) is 0. The van der Waals surface area contributed by atoms with Gasteiger partial charge in [0.2, 0.25) is 0 Å². The van der Waals surface area contributed by atoms with Crippen molar-refractivity contribution >= 4 is 6.03 Å². The minimum absolute atomic E-state index is 0.0306. The van der Waals surface area contributed by atoms with E-state index in [-0.39, 0.29) is 12.1 Å². The highest BCUT2D eigenvalue weighted by Gasteiger charge is 2.16. The molecule has 1 fully saturated rings. The van der Waals surface area contributed by atoms with Gasteiger partial charge in [0, 0.05) is 25.7 Å². The maximum Gasteiger partial charge on any atom is 0.317 e. The van der Waals surface area contributed by atoms with E-state index in [9.17, 15) is 4.79 Å². The van der Waals surface area contributed by atoms with Crippen molar-refractivity contribution in [2.24, 2.45) is 0 Å². The molecule has 1 rings (SSSR count). The van der Waals surface area contributed by atoms with Gasteiger partial charge in [0.25, 0.3) is 0 Å². The normalized spacial score (nSPS) is 20.7. The number of rotatable bonds is 4. The van der Waals surface area contributed by atoms with Crippen molar-refractivity contribution in [2.75, 3.05) is 20.1 Å². The molecule has 1 atom stereocenters. The first-order valence-corrected chi connectivity index (χ1v) is 5.84. The summed E-state index contributed by atoms with van der Waals surface area (Å²) >= 11 is 0. The lowest BCUT2D eigenvalue weighted by Gasteiger charge is -2.21. The summed E-state index contributed by atoms with van der Waals surface area (Å²) in [6.07, 6.45) is 3.58. The molecule has 88 valence electrons. The number of amides is 2. The van der Waals surface area contributed by atoms with Crippen molar-refractivity contribution < 1.29 is 4.79 Å². The number of urea groups is 1. The van der Waals surface area contributed by atoms with Crippen LogP contribution in [0.1, 0.15) is 33.1 Å². The van der Waals surface area contributed by atoms with Gasteiger partial charge in [-0.1, -0.05) is 0 Å². The van der Waals surface area contributed by atoms with Gasteiger partial charge in [0.05, 0.1) is 0 Å². The van der Waals surface area contributed by atoms with E-state index in [4.69, 9.17) is 0 Å². The first-order chi connectivity index (χ1) is 7.09. The van der Waals surface area contributed by atoms with E-state index < -0.39 is 0 Å². The molecular weight excluding hydrogens is 190 g/mol. The molecule has 4 heteroatoms. The largest absolute Gasteiger partial charge is 0.336 e.